The molecule has 39 heavy (non-hydrogen) atoms. The molecule has 2 N–H and O–H groups in total. The Bertz CT molecular complexity index is 1560. The summed E-state index contributed by atoms with van der Waals surface area (Å²) in [5, 5.41) is 8.54. The number of hydrogen-bond donors (Lipinski definition) is 2. The lowest BCUT2D eigenvalue weighted by atomic mass is 10.1. The van der Waals surface area contributed by atoms with E-state index < -0.39 is 5.25 Å². The number of carbonyl (C=O) groups excluding carboxylic acids is 2. The second-order valence-corrected chi connectivity index (χ2v) is 11.2. The fraction of sp³-hybridized carbons (Fsp3) is 0.0645. The highest BCUT2D eigenvalue weighted by molar-refractivity contribution is 8.00. The summed E-state index contributed by atoms with van der Waals surface area (Å²) in [7, 11) is 0. The number of carbonyl (C=O) groups is 2. The summed E-state index contributed by atoms with van der Waals surface area (Å²) in [6.07, 6.45) is 0.238. The lowest BCUT2D eigenvalue weighted by Gasteiger charge is -2.17. The number of anilines is 2. The molecule has 0 aliphatic rings. The third-order valence-electron chi connectivity index (χ3n) is 5.79. The maximum Gasteiger partial charge on any atom is 0.244 e. The van der Waals surface area contributed by atoms with Crippen LogP contribution in [0.3, 0.4) is 0 Å². The number of benzene rings is 4. The van der Waals surface area contributed by atoms with Crippen molar-refractivity contribution in [2.24, 2.45) is 0 Å². The van der Waals surface area contributed by atoms with Crippen LogP contribution in [0.1, 0.15) is 16.4 Å². The van der Waals surface area contributed by atoms with Crippen LogP contribution in [0.5, 0.6) is 0 Å². The Morgan fingerprint density at radius 1 is 0.846 bits per heavy atom. The molecule has 5 nitrogen and oxygen atoms in total. The predicted octanol–water partition coefficient (Wildman–Crippen LogP) is 8.12. The smallest absolute Gasteiger partial charge is 0.244 e. The van der Waals surface area contributed by atoms with E-state index in [1.807, 2.05) is 102 Å². The summed E-state index contributed by atoms with van der Waals surface area (Å²) >= 11 is 8.75. The van der Waals surface area contributed by atoms with Crippen molar-refractivity contribution in [1.82, 2.24) is 4.98 Å². The number of thioether (sulfide) groups is 1. The van der Waals surface area contributed by atoms with Gasteiger partial charge in [-0.3, -0.25) is 9.59 Å². The largest absolute Gasteiger partial charge is 0.326 e. The molecule has 2 amide bonds. The van der Waals surface area contributed by atoms with Crippen molar-refractivity contribution in [3.8, 4) is 11.3 Å². The van der Waals surface area contributed by atoms with Crippen LogP contribution in [0, 0.1) is 0 Å². The van der Waals surface area contributed by atoms with E-state index in [0.717, 1.165) is 27.3 Å². The fourth-order valence-electron chi connectivity index (χ4n) is 3.92. The Morgan fingerprint density at radius 2 is 1.56 bits per heavy atom. The first-order chi connectivity index (χ1) is 19.0. The van der Waals surface area contributed by atoms with Crippen LogP contribution < -0.4 is 10.6 Å². The minimum Gasteiger partial charge on any atom is -0.326 e. The monoisotopic (exact) mass is 569 g/mol. The van der Waals surface area contributed by atoms with Crippen molar-refractivity contribution in [3.05, 3.63) is 131 Å². The molecule has 0 spiro atoms. The van der Waals surface area contributed by atoms with Crippen molar-refractivity contribution in [1.29, 1.82) is 0 Å². The van der Waals surface area contributed by atoms with Crippen LogP contribution in [0.15, 0.2) is 119 Å². The van der Waals surface area contributed by atoms with Gasteiger partial charge in [-0.1, -0.05) is 90.5 Å². The van der Waals surface area contributed by atoms with Crippen molar-refractivity contribution < 1.29 is 9.59 Å². The number of hydrogen-bond acceptors (Lipinski definition) is 5. The highest BCUT2D eigenvalue weighted by atomic mass is 35.5. The molecule has 5 aromatic rings. The van der Waals surface area contributed by atoms with Crippen LogP contribution in [0.4, 0.5) is 10.8 Å². The van der Waals surface area contributed by atoms with Gasteiger partial charge in [-0.2, -0.15) is 0 Å². The van der Waals surface area contributed by atoms with E-state index in [2.05, 4.69) is 15.6 Å². The highest BCUT2D eigenvalue weighted by Crippen LogP contribution is 2.37. The summed E-state index contributed by atoms with van der Waals surface area (Å²) in [6, 6.07) is 34.2. The molecule has 0 fully saturated rings. The quantitative estimate of drug-likeness (QED) is 0.176. The molecule has 0 aliphatic carbocycles. The molecule has 0 aliphatic heterocycles. The molecular weight excluding hydrogens is 546 g/mol. The molecule has 0 bridgehead atoms. The van der Waals surface area contributed by atoms with Gasteiger partial charge in [0.15, 0.2) is 5.13 Å². The number of nitrogens with one attached hydrogen (secondary N) is 2. The zero-order valence-electron chi connectivity index (χ0n) is 20.7. The molecule has 1 atom stereocenters. The first-order valence-corrected chi connectivity index (χ1v) is 14.3. The molecule has 0 radical (unpaired) electrons. The maximum atomic E-state index is 13.5. The molecule has 5 rings (SSSR count). The van der Waals surface area contributed by atoms with Crippen LogP contribution in [0.25, 0.3) is 11.3 Å². The normalized spacial score (nSPS) is 11.5. The zero-order valence-corrected chi connectivity index (χ0v) is 23.1. The van der Waals surface area contributed by atoms with E-state index >= 15 is 0 Å². The summed E-state index contributed by atoms with van der Waals surface area (Å²) < 4.78 is 0. The molecule has 1 heterocycles. The number of aromatic nitrogens is 1. The van der Waals surface area contributed by atoms with Gasteiger partial charge in [0.25, 0.3) is 0 Å². The molecule has 1 unspecified atom stereocenters. The van der Waals surface area contributed by atoms with Crippen molar-refractivity contribution in [3.63, 3.8) is 0 Å². The number of halogens is 1. The van der Waals surface area contributed by atoms with E-state index in [1.54, 1.807) is 12.1 Å². The Kier molecular flexibility index (Phi) is 8.73. The molecule has 8 heteroatoms. The summed E-state index contributed by atoms with van der Waals surface area (Å²) in [6.45, 7) is 0. The first kappa shape index (κ1) is 26.7. The molecule has 194 valence electrons. The summed E-state index contributed by atoms with van der Waals surface area (Å²) in [4.78, 5) is 31.6. The summed E-state index contributed by atoms with van der Waals surface area (Å²) in [5.74, 6) is -0.299. The van der Waals surface area contributed by atoms with Crippen LogP contribution >= 0.6 is 34.7 Å². The van der Waals surface area contributed by atoms with E-state index in [9.17, 15) is 9.59 Å². The Labute approximate surface area is 240 Å². The van der Waals surface area contributed by atoms with Gasteiger partial charge in [0.05, 0.1) is 12.1 Å². The molecular formula is C31H24ClN3O2S2. The second kappa shape index (κ2) is 12.8. The fourth-order valence-corrected chi connectivity index (χ4v) is 5.85. The van der Waals surface area contributed by atoms with E-state index in [0.29, 0.717) is 15.8 Å². The van der Waals surface area contributed by atoms with Gasteiger partial charge in [0.1, 0.15) is 5.25 Å². The van der Waals surface area contributed by atoms with Crippen molar-refractivity contribution >= 4 is 57.3 Å². The maximum absolute atomic E-state index is 13.5. The van der Waals surface area contributed by atoms with Gasteiger partial charge in [0, 0.05) is 26.5 Å². The molecule has 0 saturated heterocycles. The number of amides is 2. The topological polar surface area (TPSA) is 71.1 Å². The second-order valence-electron chi connectivity index (χ2n) is 8.68. The van der Waals surface area contributed by atoms with E-state index in [4.69, 9.17) is 11.6 Å². The Morgan fingerprint density at radius 3 is 2.31 bits per heavy atom. The molecule has 0 saturated carbocycles. The molecule has 4 aromatic carbocycles. The minimum atomic E-state index is -0.518. The number of nitrogens with zero attached hydrogens (tertiary/aromatic N) is 1. The minimum absolute atomic E-state index is 0.130. The summed E-state index contributed by atoms with van der Waals surface area (Å²) in [5.41, 5.74) is 4.23. The average molecular weight is 570 g/mol. The standard InChI is InChI=1S/C31H24ClN3O2S2/c32-24-16-14-21(15-17-24)18-28(36)33-25-12-7-13-26(19-25)39-29(23-10-5-2-6-11-23)30(37)35-31-34-27(20-38-31)22-8-3-1-4-9-22/h1-17,19-20,29H,18H2,(H,33,36)(H,34,35,37). The van der Waals surface area contributed by atoms with Crippen molar-refractivity contribution in [2.45, 2.75) is 16.6 Å². The van der Waals surface area contributed by atoms with E-state index in [1.165, 1.54) is 23.1 Å². The van der Waals surface area contributed by atoms with E-state index in [-0.39, 0.29) is 18.2 Å². The number of rotatable bonds is 9. The zero-order chi connectivity index (χ0) is 27.0. The van der Waals surface area contributed by atoms with Crippen LogP contribution in [0.2, 0.25) is 5.02 Å². The Hall–Kier alpha value is -3.91. The van der Waals surface area contributed by atoms with Gasteiger partial charge < -0.3 is 10.6 Å². The lowest BCUT2D eigenvalue weighted by molar-refractivity contribution is -0.116. The van der Waals surface area contributed by atoms with Gasteiger partial charge in [0.2, 0.25) is 11.8 Å². The number of thiazole rings is 1. The average Bonchev–Trinajstić information content (AvgIpc) is 3.42. The Balaban J connectivity index is 1.30. The van der Waals surface area contributed by atoms with Gasteiger partial charge >= 0.3 is 0 Å². The van der Waals surface area contributed by atoms with Gasteiger partial charge in [-0.05, 0) is 41.5 Å². The van der Waals surface area contributed by atoms with Gasteiger partial charge in [-0.15, -0.1) is 23.1 Å². The first-order valence-electron chi connectivity index (χ1n) is 12.2. The predicted molar refractivity (Wildman–Crippen MR) is 161 cm³/mol. The highest BCUT2D eigenvalue weighted by Gasteiger charge is 2.23. The van der Waals surface area contributed by atoms with Crippen LogP contribution in [-0.2, 0) is 16.0 Å². The van der Waals surface area contributed by atoms with Gasteiger partial charge in [-0.25, -0.2) is 4.98 Å². The lowest BCUT2D eigenvalue weighted by Crippen LogP contribution is -2.19. The van der Waals surface area contributed by atoms with Crippen molar-refractivity contribution in [2.75, 3.05) is 10.6 Å². The van der Waals surface area contributed by atoms with Crippen LogP contribution in [-0.4, -0.2) is 16.8 Å². The third-order valence-corrected chi connectivity index (χ3v) is 8.05. The molecule has 1 aromatic heterocycles. The SMILES string of the molecule is O=C(Cc1ccc(Cl)cc1)Nc1cccc(SC(C(=O)Nc2nc(-c3ccccc3)cs2)c2ccccc2)c1. The third kappa shape index (κ3) is 7.35.